The number of anilines is 1. The number of nitrogens with zero attached hydrogens (tertiary/aromatic N) is 1. The van der Waals surface area contributed by atoms with Crippen molar-refractivity contribution in [1.82, 2.24) is 4.98 Å². The van der Waals surface area contributed by atoms with E-state index in [1.807, 2.05) is 0 Å². The van der Waals surface area contributed by atoms with Gasteiger partial charge in [0.1, 0.15) is 0 Å². The number of carbonyl (C=O) groups is 1. The van der Waals surface area contributed by atoms with Crippen LogP contribution in [0, 0.1) is 0 Å². The monoisotopic (exact) mass is 366 g/mol. The number of halogens is 1. The molecule has 0 bridgehead atoms. The van der Waals surface area contributed by atoms with Gasteiger partial charge in [-0.1, -0.05) is 0 Å². The maximum atomic E-state index is 12.5. The summed E-state index contributed by atoms with van der Waals surface area (Å²) < 4.78 is 16.3. The van der Waals surface area contributed by atoms with Gasteiger partial charge >= 0.3 is 0 Å². The highest BCUT2D eigenvalue weighted by Gasteiger charge is 2.22. The van der Waals surface area contributed by atoms with Crippen LogP contribution in [0.3, 0.4) is 0 Å². The maximum Gasteiger partial charge on any atom is 0.257 e. The molecule has 0 radical (unpaired) electrons. The highest BCUT2D eigenvalue weighted by atomic mass is 79.9. The SMILES string of the molecule is COc1cc(C(=O)Nc2cccnc2)c(Br)c(OC)c1OC. The predicted molar refractivity (Wildman–Crippen MR) is 86.0 cm³/mol. The average Bonchev–Trinajstić information content (AvgIpc) is 2.54. The van der Waals surface area contributed by atoms with Crippen LogP contribution in [-0.2, 0) is 0 Å². The first-order valence-electron chi connectivity index (χ1n) is 6.32. The molecule has 6 nitrogen and oxygen atoms in total. The van der Waals surface area contributed by atoms with Gasteiger partial charge in [-0.05, 0) is 34.1 Å². The fraction of sp³-hybridized carbons (Fsp3) is 0.200. The molecule has 22 heavy (non-hydrogen) atoms. The van der Waals surface area contributed by atoms with Gasteiger partial charge in [-0.25, -0.2) is 0 Å². The molecule has 0 aliphatic heterocycles. The molecule has 0 aliphatic rings. The van der Waals surface area contributed by atoms with Gasteiger partial charge in [0.15, 0.2) is 11.5 Å². The van der Waals surface area contributed by atoms with Crippen molar-refractivity contribution >= 4 is 27.5 Å². The Morgan fingerprint density at radius 1 is 1.18 bits per heavy atom. The molecule has 0 atom stereocenters. The van der Waals surface area contributed by atoms with Gasteiger partial charge in [0.2, 0.25) is 5.75 Å². The van der Waals surface area contributed by atoms with E-state index < -0.39 is 0 Å². The quantitative estimate of drug-likeness (QED) is 0.880. The van der Waals surface area contributed by atoms with Crippen molar-refractivity contribution in [3.63, 3.8) is 0 Å². The first kappa shape index (κ1) is 16.1. The molecule has 1 N–H and O–H groups in total. The summed E-state index contributed by atoms with van der Waals surface area (Å²) in [5.74, 6) is 0.881. The topological polar surface area (TPSA) is 69.7 Å². The van der Waals surface area contributed by atoms with Gasteiger partial charge in [-0.15, -0.1) is 0 Å². The van der Waals surface area contributed by atoms with Crippen molar-refractivity contribution < 1.29 is 19.0 Å². The zero-order chi connectivity index (χ0) is 16.1. The average molecular weight is 367 g/mol. The van der Waals surface area contributed by atoms with Gasteiger partial charge in [0, 0.05) is 6.20 Å². The number of benzene rings is 1. The van der Waals surface area contributed by atoms with Gasteiger partial charge in [-0.2, -0.15) is 0 Å². The Bertz CT molecular complexity index is 677. The number of ether oxygens (including phenoxy) is 3. The highest BCUT2D eigenvalue weighted by Crippen LogP contribution is 2.44. The molecule has 0 aliphatic carbocycles. The van der Waals surface area contributed by atoms with Crippen LogP contribution in [0.25, 0.3) is 0 Å². The van der Waals surface area contributed by atoms with E-state index in [4.69, 9.17) is 14.2 Å². The number of aromatic nitrogens is 1. The number of rotatable bonds is 5. The zero-order valence-electron chi connectivity index (χ0n) is 12.3. The molecule has 0 saturated carbocycles. The molecule has 0 saturated heterocycles. The molecular weight excluding hydrogens is 352 g/mol. The number of amides is 1. The second-order valence-corrected chi connectivity index (χ2v) is 5.00. The predicted octanol–water partition coefficient (Wildman–Crippen LogP) is 3.12. The molecule has 7 heteroatoms. The third-order valence-electron chi connectivity index (χ3n) is 2.93. The van der Waals surface area contributed by atoms with Crippen LogP contribution < -0.4 is 19.5 Å². The summed E-state index contributed by atoms with van der Waals surface area (Å²) in [5, 5.41) is 2.76. The Labute approximate surface area is 136 Å². The number of hydrogen-bond donors (Lipinski definition) is 1. The fourth-order valence-corrected chi connectivity index (χ4v) is 2.56. The van der Waals surface area contributed by atoms with E-state index in [2.05, 4.69) is 26.2 Å². The standard InChI is InChI=1S/C15H15BrN2O4/c1-20-11-7-10(12(16)14(22-3)13(11)21-2)15(19)18-9-5-4-6-17-8-9/h4-8H,1-3H3,(H,18,19). The number of carbonyl (C=O) groups excluding carboxylic acids is 1. The molecule has 0 unspecified atom stereocenters. The molecule has 1 aromatic heterocycles. The van der Waals surface area contributed by atoms with Crippen LogP contribution in [0.2, 0.25) is 0 Å². The van der Waals surface area contributed by atoms with E-state index in [9.17, 15) is 4.79 Å². The second-order valence-electron chi connectivity index (χ2n) is 4.20. The van der Waals surface area contributed by atoms with Gasteiger partial charge in [-0.3, -0.25) is 9.78 Å². The molecule has 2 rings (SSSR count). The van der Waals surface area contributed by atoms with Crippen molar-refractivity contribution in [1.29, 1.82) is 0 Å². The van der Waals surface area contributed by atoms with Gasteiger partial charge in [0.05, 0.1) is 43.2 Å². The normalized spacial score (nSPS) is 10.0. The first-order valence-corrected chi connectivity index (χ1v) is 7.11. The summed E-state index contributed by atoms with van der Waals surface area (Å²) >= 11 is 3.37. The van der Waals surface area contributed by atoms with Gasteiger partial charge in [0.25, 0.3) is 5.91 Å². The molecule has 1 heterocycles. The molecule has 1 amide bonds. The Hall–Kier alpha value is -2.28. The lowest BCUT2D eigenvalue weighted by molar-refractivity contribution is 0.102. The molecule has 0 fully saturated rings. The zero-order valence-corrected chi connectivity index (χ0v) is 13.9. The van der Waals surface area contributed by atoms with E-state index in [0.29, 0.717) is 33.0 Å². The minimum Gasteiger partial charge on any atom is -0.493 e. The molecule has 2 aromatic rings. The summed E-state index contributed by atoms with van der Waals surface area (Å²) in [6, 6.07) is 5.06. The minimum absolute atomic E-state index is 0.320. The lowest BCUT2D eigenvalue weighted by Crippen LogP contribution is -2.13. The Morgan fingerprint density at radius 3 is 2.45 bits per heavy atom. The molecule has 0 spiro atoms. The summed E-state index contributed by atoms with van der Waals surface area (Å²) in [5.41, 5.74) is 0.950. The van der Waals surface area contributed by atoms with Crippen molar-refractivity contribution in [3.8, 4) is 17.2 Å². The van der Waals surface area contributed by atoms with Crippen LogP contribution in [0.5, 0.6) is 17.2 Å². The third-order valence-corrected chi connectivity index (χ3v) is 3.72. The van der Waals surface area contributed by atoms with E-state index in [1.54, 1.807) is 30.6 Å². The summed E-state index contributed by atoms with van der Waals surface area (Å²) in [6.45, 7) is 0. The molecule has 1 aromatic carbocycles. The Balaban J connectivity index is 2.44. The van der Waals surface area contributed by atoms with Crippen LogP contribution in [0.4, 0.5) is 5.69 Å². The summed E-state index contributed by atoms with van der Waals surface area (Å²) in [6.07, 6.45) is 3.19. The van der Waals surface area contributed by atoms with Crippen molar-refractivity contribution in [2.24, 2.45) is 0 Å². The van der Waals surface area contributed by atoms with Crippen LogP contribution in [0.15, 0.2) is 35.1 Å². The lowest BCUT2D eigenvalue weighted by atomic mass is 10.1. The number of hydrogen-bond acceptors (Lipinski definition) is 5. The van der Waals surface area contributed by atoms with Crippen LogP contribution in [0.1, 0.15) is 10.4 Å². The van der Waals surface area contributed by atoms with E-state index in [1.165, 1.54) is 21.3 Å². The van der Waals surface area contributed by atoms with Crippen LogP contribution in [-0.4, -0.2) is 32.2 Å². The number of methoxy groups -OCH3 is 3. The molecular formula is C15H15BrN2O4. The number of nitrogens with one attached hydrogen (secondary N) is 1. The first-order chi connectivity index (χ1) is 10.6. The maximum absolute atomic E-state index is 12.5. The van der Waals surface area contributed by atoms with Crippen LogP contribution >= 0.6 is 15.9 Å². The van der Waals surface area contributed by atoms with Crippen molar-refractivity contribution in [3.05, 3.63) is 40.6 Å². The third kappa shape index (κ3) is 3.14. The second kappa shape index (κ2) is 7.13. The fourth-order valence-electron chi connectivity index (χ4n) is 1.92. The van der Waals surface area contributed by atoms with Crippen molar-refractivity contribution in [2.75, 3.05) is 26.6 Å². The Morgan fingerprint density at radius 2 is 1.91 bits per heavy atom. The Kier molecular flexibility index (Phi) is 5.21. The largest absolute Gasteiger partial charge is 0.493 e. The van der Waals surface area contributed by atoms with E-state index in [-0.39, 0.29) is 5.91 Å². The van der Waals surface area contributed by atoms with Gasteiger partial charge < -0.3 is 19.5 Å². The van der Waals surface area contributed by atoms with E-state index >= 15 is 0 Å². The summed E-state index contributed by atoms with van der Waals surface area (Å²) in [4.78, 5) is 16.4. The summed E-state index contributed by atoms with van der Waals surface area (Å²) in [7, 11) is 4.49. The highest BCUT2D eigenvalue weighted by molar-refractivity contribution is 9.10. The molecule has 116 valence electrons. The lowest BCUT2D eigenvalue weighted by Gasteiger charge is -2.16. The number of pyridine rings is 1. The smallest absolute Gasteiger partial charge is 0.257 e. The van der Waals surface area contributed by atoms with Crippen molar-refractivity contribution in [2.45, 2.75) is 0 Å². The van der Waals surface area contributed by atoms with E-state index in [0.717, 1.165) is 0 Å². The minimum atomic E-state index is -0.320.